The number of anilines is 1. The van der Waals surface area contributed by atoms with E-state index in [0.717, 1.165) is 24.9 Å². The molecule has 0 spiro atoms. The summed E-state index contributed by atoms with van der Waals surface area (Å²) >= 11 is 0. The Labute approximate surface area is 183 Å². The zero-order valence-corrected chi connectivity index (χ0v) is 18.4. The second kappa shape index (κ2) is 12.6. The molecule has 0 saturated carbocycles. The molecule has 29 heavy (non-hydrogen) atoms. The Bertz CT molecular complexity index is 702. The molecule has 1 aromatic rings. The molecule has 1 aromatic carbocycles. The number of rotatable bonds is 8. The summed E-state index contributed by atoms with van der Waals surface area (Å²) < 4.78 is 0. The predicted molar refractivity (Wildman–Crippen MR) is 118 cm³/mol. The summed E-state index contributed by atoms with van der Waals surface area (Å²) in [6, 6.07) is 6.54. The first kappa shape index (κ1) is 27.1. The largest absolute Gasteiger partial charge is 0.368 e. The standard InChI is InChI=1S/C19H29N5O3.2ClH/c1-12(2)17(20)19(27)22-10-16(25)23-14-6-3-5-13(9-14)11-24-8-4-7-15(24)18(21)26;;/h3,5-6,9,12,15,17H,4,7-8,10-11,20H2,1-2H3,(H2,21,26)(H,22,27)(H,23,25);2*1H/t15?,17-;;/m0../s1. The molecule has 2 rings (SSSR count). The second-order valence-corrected chi connectivity index (χ2v) is 7.27. The topological polar surface area (TPSA) is 131 Å². The summed E-state index contributed by atoms with van der Waals surface area (Å²) in [6.07, 6.45) is 1.73. The van der Waals surface area contributed by atoms with Gasteiger partial charge in [-0.3, -0.25) is 19.3 Å². The summed E-state index contributed by atoms with van der Waals surface area (Å²) in [5.41, 5.74) is 12.8. The number of likely N-dealkylation sites (tertiary alicyclic amines) is 1. The SMILES string of the molecule is CC(C)[C@H](N)C(=O)NCC(=O)Nc1cccc(CN2CCCC2C(N)=O)c1.Cl.Cl. The van der Waals surface area contributed by atoms with Crippen LogP contribution < -0.4 is 22.1 Å². The number of primary amides is 1. The van der Waals surface area contributed by atoms with Crippen LogP contribution in [0.15, 0.2) is 24.3 Å². The number of hydrogen-bond acceptors (Lipinski definition) is 5. The van der Waals surface area contributed by atoms with Gasteiger partial charge in [0, 0.05) is 12.2 Å². The van der Waals surface area contributed by atoms with E-state index in [1.807, 2.05) is 32.0 Å². The summed E-state index contributed by atoms with van der Waals surface area (Å²) in [5, 5.41) is 5.30. The first-order valence-electron chi connectivity index (χ1n) is 9.23. The Morgan fingerprint density at radius 2 is 1.93 bits per heavy atom. The van der Waals surface area contributed by atoms with Gasteiger partial charge in [-0.1, -0.05) is 26.0 Å². The number of hydrogen-bond donors (Lipinski definition) is 4. The quantitative estimate of drug-likeness (QED) is 0.472. The van der Waals surface area contributed by atoms with Crippen LogP contribution in [0.5, 0.6) is 0 Å². The van der Waals surface area contributed by atoms with Crippen molar-refractivity contribution >= 4 is 48.2 Å². The highest BCUT2D eigenvalue weighted by Crippen LogP contribution is 2.21. The molecule has 6 N–H and O–H groups in total. The van der Waals surface area contributed by atoms with Crippen molar-refractivity contribution in [2.45, 2.75) is 45.3 Å². The van der Waals surface area contributed by atoms with Crippen molar-refractivity contribution in [2.75, 3.05) is 18.4 Å². The fourth-order valence-corrected chi connectivity index (χ4v) is 3.11. The van der Waals surface area contributed by atoms with Crippen molar-refractivity contribution in [3.05, 3.63) is 29.8 Å². The molecular weight excluding hydrogens is 417 g/mol. The molecule has 1 heterocycles. The van der Waals surface area contributed by atoms with E-state index in [4.69, 9.17) is 11.5 Å². The van der Waals surface area contributed by atoms with Crippen LogP contribution in [0.4, 0.5) is 5.69 Å². The van der Waals surface area contributed by atoms with Crippen LogP contribution in [0.3, 0.4) is 0 Å². The maximum atomic E-state index is 12.1. The minimum Gasteiger partial charge on any atom is -0.368 e. The minimum atomic E-state index is -0.639. The summed E-state index contributed by atoms with van der Waals surface area (Å²) in [6.45, 7) is 4.97. The number of carbonyl (C=O) groups is 3. The summed E-state index contributed by atoms with van der Waals surface area (Å²) in [7, 11) is 0. The van der Waals surface area contributed by atoms with Crippen molar-refractivity contribution in [2.24, 2.45) is 17.4 Å². The van der Waals surface area contributed by atoms with E-state index in [-0.39, 0.29) is 61.0 Å². The molecule has 3 amide bonds. The minimum absolute atomic E-state index is 0. The predicted octanol–water partition coefficient (Wildman–Crippen LogP) is 1.02. The third-order valence-corrected chi connectivity index (χ3v) is 4.73. The van der Waals surface area contributed by atoms with Crippen LogP contribution in [0.2, 0.25) is 0 Å². The maximum Gasteiger partial charge on any atom is 0.243 e. The van der Waals surface area contributed by atoms with E-state index >= 15 is 0 Å². The lowest BCUT2D eigenvalue weighted by Crippen LogP contribution is -2.46. The fraction of sp³-hybridized carbons (Fsp3) is 0.526. The molecule has 0 bridgehead atoms. The molecule has 1 fully saturated rings. The Morgan fingerprint density at radius 3 is 2.55 bits per heavy atom. The molecule has 0 aromatic heterocycles. The van der Waals surface area contributed by atoms with Gasteiger partial charge in [0.15, 0.2) is 0 Å². The average molecular weight is 448 g/mol. The normalized spacial score (nSPS) is 17.0. The van der Waals surface area contributed by atoms with Gasteiger partial charge in [0.2, 0.25) is 17.7 Å². The molecule has 1 unspecified atom stereocenters. The van der Waals surface area contributed by atoms with Crippen LogP contribution in [0, 0.1) is 5.92 Å². The number of nitrogens with one attached hydrogen (secondary N) is 2. The highest BCUT2D eigenvalue weighted by Gasteiger charge is 2.28. The average Bonchev–Trinajstić information content (AvgIpc) is 3.07. The first-order chi connectivity index (χ1) is 12.8. The van der Waals surface area contributed by atoms with Crippen LogP contribution >= 0.6 is 24.8 Å². The Morgan fingerprint density at radius 1 is 1.24 bits per heavy atom. The summed E-state index contributed by atoms with van der Waals surface area (Å²) in [5.74, 6) is -0.972. The van der Waals surface area contributed by atoms with Crippen LogP contribution in [0.1, 0.15) is 32.3 Å². The van der Waals surface area contributed by atoms with Crippen molar-refractivity contribution < 1.29 is 14.4 Å². The molecule has 0 aliphatic carbocycles. The lowest BCUT2D eigenvalue weighted by atomic mass is 10.1. The number of benzene rings is 1. The van der Waals surface area contributed by atoms with Crippen LogP contribution in [0.25, 0.3) is 0 Å². The molecule has 1 aliphatic rings. The van der Waals surface area contributed by atoms with E-state index < -0.39 is 6.04 Å². The number of nitrogens with zero attached hydrogens (tertiary/aromatic N) is 1. The number of amides is 3. The zero-order valence-electron chi connectivity index (χ0n) is 16.7. The Hall–Kier alpha value is -1.87. The molecule has 164 valence electrons. The Kier molecular flexibility index (Phi) is 11.8. The molecular formula is C19H31Cl2N5O3. The van der Waals surface area contributed by atoms with Gasteiger partial charge in [-0.05, 0) is 43.0 Å². The monoisotopic (exact) mass is 447 g/mol. The smallest absolute Gasteiger partial charge is 0.243 e. The Balaban J connectivity index is 0.00000392. The molecule has 2 atom stereocenters. The van der Waals surface area contributed by atoms with Gasteiger partial charge in [-0.15, -0.1) is 24.8 Å². The van der Waals surface area contributed by atoms with Gasteiger partial charge in [0.05, 0.1) is 18.6 Å². The number of nitrogens with two attached hydrogens (primary N) is 2. The maximum absolute atomic E-state index is 12.1. The van der Waals surface area contributed by atoms with Gasteiger partial charge in [-0.25, -0.2) is 0 Å². The van der Waals surface area contributed by atoms with Crippen LogP contribution in [-0.4, -0.2) is 47.8 Å². The summed E-state index contributed by atoms with van der Waals surface area (Å²) in [4.78, 5) is 37.4. The van der Waals surface area contributed by atoms with Gasteiger partial charge in [-0.2, -0.15) is 0 Å². The highest BCUT2D eigenvalue weighted by molar-refractivity contribution is 5.95. The zero-order chi connectivity index (χ0) is 20.0. The molecule has 1 saturated heterocycles. The van der Waals surface area contributed by atoms with Gasteiger partial charge in [0.1, 0.15) is 0 Å². The third-order valence-electron chi connectivity index (χ3n) is 4.73. The number of carbonyl (C=O) groups excluding carboxylic acids is 3. The van der Waals surface area contributed by atoms with Crippen LogP contribution in [-0.2, 0) is 20.9 Å². The first-order valence-corrected chi connectivity index (χ1v) is 9.23. The van der Waals surface area contributed by atoms with E-state index in [1.54, 1.807) is 6.07 Å². The van der Waals surface area contributed by atoms with Crippen molar-refractivity contribution in [1.29, 1.82) is 0 Å². The lowest BCUT2D eigenvalue weighted by molar-refractivity contribution is -0.125. The van der Waals surface area contributed by atoms with E-state index in [9.17, 15) is 14.4 Å². The van der Waals surface area contributed by atoms with E-state index in [2.05, 4.69) is 15.5 Å². The van der Waals surface area contributed by atoms with Gasteiger partial charge < -0.3 is 22.1 Å². The van der Waals surface area contributed by atoms with Gasteiger partial charge >= 0.3 is 0 Å². The van der Waals surface area contributed by atoms with E-state index in [1.165, 1.54) is 0 Å². The van der Waals surface area contributed by atoms with Crippen molar-refractivity contribution in [1.82, 2.24) is 10.2 Å². The fourth-order valence-electron chi connectivity index (χ4n) is 3.11. The van der Waals surface area contributed by atoms with Crippen molar-refractivity contribution in [3.63, 3.8) is 0 Å². The van der Waals surface area contributed by atoms with E-state index in [0.29, 0.717) is 12.2 Å². The molecule has 8 nitrogen and oxygen atoms in total. The molecule has 1 aliphatic heterocycles. The van der Waals surface area contributed by atoms with Gasteiger partial charge in [0.25, 0.3) is 0 Å². The highest BCUT2D eigenvalue weighted by atomic mass is 35.5. The third kappa shape index (κ3) is 8.18. The lowest BCUT2D eigenvalue weighted by Gasteiger charge is -2.22. The molecule has 10 heteroatoms. The number of halogens is 2. The second-order valence-electron chi connectivity index (χ2n) is 7.27. The van der Waals surface area contributed by atoms with Crippen molar-refractivity contribution in [3.8, 4) is 0 Å². The molecule has 0 radical (unpaired) electrons.